The zero-order chi connectivity index (χ0) is 32.9. The molecular formula is C32H24F4N6O4. The molecule has 4 heterocycles. The van der Waals surface area contributed by atoms with E-state index in [1.807, 2.05) is 0 Å². The van der Waals surface area contributed by atoms with Gasteiger partial charge in [0.05, 0.1) is 17.8 Å². The summed E-state index contributed by atoms with van der Waals surface area (Å²) < 4.78 is 63.7. The summed E-state index contributed by atoms with van der Waals surface area (Å²) in [6.07, 6.45) is -0.854. The topological polar surface area (TPSA) is 153 Å². The van der Waals surface area contributed by atoms with Crippen LogP contribution in [0.4, 0.5) is 17.6 Å². The summed E-state index contributed by atoms with van der Waals surface area (Å²) in [7, 11) is 0. The van der Waals surface area contributed by atoms with Crippen molar-refractivity contribution in [2.75, 3.05) is 13.2 Å². The van der Waals surface area contributed by atoms with Crippen LogP contribution in [0.3, 0.4) is 0 Å². The molecule has 0 fully saturated rings. The van der Waals surface area contributed by atoms with E-state index in [0.717, 1.165) is 18.2 Å². The van der Waals surface area contributed by atoms with Gasteiger partial charge in [0.15, 0.2) is 5.82 Å². The molecule has 234 valence electrons. The summed E-state index contributed by atoms with van der Waals surface area (Å²) >= 11 is 0. The molecule has 0 aliphatic carbocycles. The zero-order valence-corrected chi connectivity index (χ0v) is 24.0. The summed E-state index contributed by atoms with van der Waals surface area (Å²) in [6.45, 7) is -0.279. The number of alkyl halides is 3. The summed E-state index contributed by atoms with van der Waals surface area (Å²) in [5.41, 5.74) is 0.0631. The molecule has 2 aromatic carbocycles. The van der Waals surface area contributed by atoms with Crippen molar-refractivity contribution in [3.05, 3.63) is 102 Å². The molecule has 10 nitrogen and oxygen atoms in total. The highest BCUT2D eigenvalue weighted by atomic mass is 19.4. The van der Waals surface area contributed by atoms with Crippen LogP contribution in [0.5, 0.6) is 5.75 Å². The van der Waals surface area contributed by atoms with Gasteiger partial charge in [0, 0.05) is 46.2 Å². The van der Waals surface area contributed by atoms with Crippen molar-refractivity contribution in [3.8, 4) is 28.4 Å². The number of hydrogen-bond donors (Lipinski definition) is 3. The molecule has 6 rings (SSSR count). The van der Waals surface area contributed by atoms with E-state index in [0.29, 0.717) is 16.5 Å². The van der Waals surface area contributed by atoms with Crippen LogP contribution in [0, 0.1) is 5.82 Å². The first-order valence-corrected chi connectivity index (χ1v) is 13.8. The van der Waals surface area contributed by atoms with Gasteiger partial charge in [0.1, 0.15) is 29.3 Å². The van der Waals surface area contributed by atoms with Gasteiger partial charge in [-0.15, -0.1) is 0 Å². The standard InChI is InChI=1S/C32H24F4N6O4/c1-30(29(37)44)16-46-26-22(30)14-23(42-25(26)17-5-7-20(33)8-6-17)31(45,32(34,35)36)15-41-28(43)19-12-18-4-2-9-38-24(18)21(13-19)27-39-10-3-11-40-27/h2-14,45H,15-16H2,1H3,(H2,37,44)(H,41,43)/t30-,31-/m0/s1. The van der Waals surface area contributed by atoms with Crippen LogP contribution in [0.1, 0.15) is 28.5 Å². The number of pyridine rings is 2. The van der Waals surface area contributed by atoms with E-state index in [1.54, 1.807) is 18.2 Å². The summed E-state index contributed by atoms with van der Waals surface area (Å²) in [4.78, 5) is 42.7. The smallest absolute Gasteiger partial charge is 0.424 e. The van der Waals surface area contributed by atoms with Gasteiger partial charge < -0.3 is 20.9 Å². The van der Waals surface area contributed by atoms with Crippen molar-refractivity contribution in [1.82, 2.24) is 25.3 Å². The van der Waals surface area contributed by atoms with Crippen LogP contribution in [0.25, 0.3) is 33.5 Å². The van der Waals surface area contributed by atoms with Gasteiger partial charge in [0.25, 0.3) is 5.91 Å². The minimum atomic E-state index is -5.37. The van der Waals surface area contributed by atoms with E-state index in [9.17, 15) is 32.3 Å². The number of hydrogen-bond acceptors (Lipinski definition) is 8. The fourth-order valence-electron chi connectivity index (χ4n) is 5.18. The minimum absolute atomic E-state index is 0.0364. The number of aromatic nitrogens is 4. The molecule has 0 unspecified atom stereocenters. The van der Waals surface area contributed by atoms with E-state index in [2.05, 4.69) is 25.3 Å². The van der Waals surface area contributed by atoms with Crippen LogP contribution in [-0.2, 0) is 15.8 Å². The molecule has 0 saturated heterocycles. The predicted octanol–water partition coefficient (Wildman–Crippen LogP) is 4.21. The monoisotopic (exact) mass is 632 g/mol. The molecule has 0 radical (unpaired) electrons. The highest BCUT2D eigenvalue weighted by Gasteiger charge is 2.57. The Labute approximate surface area is 258 Å². The van der Waals surface area contributed by atoms with Gasteiger partial charge in [-0.05, 0) is 61.5 Å². The van der Waals surface area contributed by atoms with Gasteiger partial charge in [-0.2, -0.15) is 13.2 Å². The van der Waals surface area contributed by atoms with E-state index in [4.69, 9.17) is 10.5 Å². The van der Waals surface area contributed by atoms with E-state index < -0.39 is 47.1 Å². The number of aliphatic hydroxyl groups is 1. The van der Waals surface area contributed by atoms with Crippen molar-refractivity contribution < 1.29 is 37.0 Å². The molecule has 2 amide bonds. The van der Waals surface area contributed by atoms with Crippen molar-refractivity contribution >= 4 is 22.7 Å². The molecular weight excluding hydrogens is 608 g/mol. The lowest BCUT2D eigenvalue weighted by molar-refractivity contribution is -0.265. The lowest BCUT2D eigenvalue weighted by atomic mass is 9.81. The molecule has 0 saturated carbocycles. The van der Waals surface area contributed by atoms with Crippen LogP contribution in [0.2, 0.25) is 0 Å². The Kier molecular flexibility index (Phi) is 7.39. The summed E-state index contributed by atoms with van der Waals surface area (Å²) in [6, 6.07) is 13.3. The Hall–Kier alpha value is -5.50. The number of amides is 2. The number of halogens is 4. The number of rotatable bonds is 7. The van der Waals surface area contributed by atoms with Crippen LogP contribution in [0.15, 0.2) is 79.3 Å². The number of benzene rings is 2. The van der Waals surface area contributed by atoms with Crippen molar-refractivity contribution in [2.45, 2.75) is 24.1 Å². The first kappa shape index (κ1) is 30.5. The predicted molar refractivity (Wildman–Crippen MR) is 157 cm³/mol. The maximum atomic E-state index is 14.8. The maximum absolute atomic E-state index is 14.8. The second kappa shape index (κ2) is 11.1. The zero-order valence-electron chi connectivity index (χ0n) is 24.0. The molecule has 3 aromatic heterocycles. The molecule has 1 aliphatic heterocycles. The molecule has 1 aliphatic rings. The molecule has 46 heavy (non-hydrogen) atoms. The van der Waals surface area contributed by atoms with Gasteiger partial charge in [-0.25, -0.2) is 19.3 Å². The lowest BCUT2D eigenvalue weighted by Crippen LogP contribution is -2.51. The molecule has 0 spiro atoms. The first-order chi connectivity index (χ1) is 21.8. The Bertz CT molecular complexity index is 1990. The number of carbonyl (C=O) groups excluding carboxylic acids is 2. The molecule has 5 aromatic rings. The van der Waals surface area contributed by atoms with Gasteiger partial charge in [-0.1, -0.05) is 6.07 Å². The number of nitrogens with zero attached hydrogens (tertiary/aromatic N) is 4. The van der Waals surface area contributed by atoms with Crippen LogP contribution >= 0.6 is 0 Å². The Balaban J connectivity index is 1.42. The van der Waals surface area contributed by atoms with Crippen molar-refractivity contribution in [2.24, 2.45) is 5.73 Å². The number of primary amides is 1. The van der Waals surface area contributed by atoms with Gasteiger partial charge in [0.2, 0.25) is 11.5 Å². The second-order valence-electron chi connectivity index (χ2n) is 10.9. The lowest BCUT2D eigenvalue weighted by Gasteiger charge is -2.31. The Morgan fingerprint density at radius 2 is 1.72 bits per heavy atom. The van der Waals surface area contributed by atoms with E-state index in [-0.39, 0.29) is 40.6 Å². The first-order valence-electron chi connectivity index (χ1n) is 13.8. The van der Waals surface area contributed by atoms with E-state index in [1.165, 1.54) is 49.8 Å². The van der Waals surface area contributed by atoms with Gasteiger partial charge in [-0.3, -0.25) is 14.6 Å². The quantitative estimate of drug-likeness (QED) is 0.226. The third kappa shape index (κ3) is 5.15. The summed E-state index contributed by atoms with van der Waals surface area (Å²) in [5.74, 6) is -2.24. The molecule has 0 bridgehead atoms. The number of nitrogens with two attached hydrogens (primary N) is 1. The normalized spacial score (nSPS) is 17.2. The fraction of sp³-hybridized carbons (Fsp3) is 0.188. The Morgan fingerprint density at radius 3 is 2.39 bits per heavy atom. The third-order valence-corrected chi connectivity index (χ3v) is 7.91. The fourth-order valence-corrected chi connectivity index (χ4v) is 5.18. The minimum Gasteiger partial charge on any atom is -0.489 e. The van der Waals surface area contributed by atoms with Gasteiger partial charge >= 0.3 is 6.18 Å². The summed E-state index contributed by atoms with van der Waals surface area (Å²) in [5, 5.41) is 14.0. The highest BCUT2D eigenvalue weighted by Crippen LogP contribution is 2.47. The van der Waals surface area contributed by atoms with Crippen molar-refractivity contribution in [3.63, 3.8) is 0 Å². The Morgan fingerprint density at radius 1 is 1.02 bits per heavy atom. The van der Waals surface area contributed by atoms with Crippen molar-refractivity contribution in [1.29, 1.82) is 0 Å². The van der Waals surface area contributed by atoms with E-state index >= 15 is 0 Å². The number of nitrogens with one attached hydrogen (secondary N) is 1. The highest BCUT2D eigenvalue weighted by molar-refractivity contribution is 6.02. The number of fused-ring (bicyclic) bond motifs is 2. The average Bonchev–Trinajstić information content (AvgIpc) is 3.40. The molecule has 2 atom stereocenters. The second-order valence-corrected chi connectivity index (χ2v) is 10.9. The van der Waals surface area contributed by atoms with Crippen LogP contribution in [-0.4, -0.2) is 56.2 Å². The average molecular weight is 633 g/mol. The maximum Gasteiger partial charge on any atom is 0.424 e. The molecule has 14 heteroatoms. The SMILES string of the molecule is C[C@]1(C(N)=O)COc2c1cc([C@@](O)(CNC(=O)c1cc(-c3ncccn3)c3ncccc3c1)C(F)(F)F)nc2-c1ccc(F)cc1. The third-order valence-electron chi connectivity index (χ3n) is 7.91. The van der Waals surface area contributed by atoms with Crippen LogP contribution < -0.4 is 15.8 Å². The molecule has 4 N–H and O–H groups in total. The number of carbonyl (C=O) groups is 2. The largest absolute Gasteiger partial charge is 0.489 e. The number of ether oxygens (including phenoxy) is 1.